The molecule has 0 heterocycles. The van der Waals surface area contributed by atoms with Gasteiger partial charge in [0.05, 0.1) is 34.4 Å². The average molecular weight is 661 g/mol. The predicted molar refractivity (Wildman–Crippen MR) is 192 cm³/mol. The number of carbonyl (C=O) groups is 3. The molecule has 0 aromatic heterocycles. The molecule has 268 valence electrons. The van der Waals surface area contributed by atoms with Gasteiger partial charge >= 0.3 is 17.9 Å². The Morgan fingerprint density at radius 3 is 1.72 bits per heavy atom. The van der Waals surface area contributed by atoms with E-state index in [-0.39, 0.29) is 36.7 Å². The zero-order valence-corrected chi connectivity index (χ0v) is 30.2. The number of aliphatic carboxylic acids is 1. The van der Waals surface area contributed by atoms with Crippen LogP contribution in [0.25, 0.3) is 0 Å². The third kappa shape index (κ3) is 28.9. The molecule has 0 rings (SSSR count). The molecule has 0 aliphatic rings. The fourth-order valence-electron chi connectivity index (χ4n) is 4.67. The number of hydrogen-bond donors (Lipinski definition) is 1. The first-order valence-electron chi connectivity index (χ1n) is 17.8. The Balaban J connectivity index is 4.57. The van der Waals surface area contributed by atoms with Crippen LogP contribution >= 0.6 is 0 Å². The molecule has 8 nitrogen and oxygen atoms in total. The molecule has 0 aliphatic heterocycles. The zero-order valence-electron chi connectivity index (χ0n) is 30.2. The van der Waals surface area contributed by atoms with E-state index >= 15 is 0 Å². The number of hydrogen-bond acceptors (Lipinski definition) is 6. The summed E-state index contributed by atoms with van der Waals surface area (Å²) in [4.78, 5) is 36.5. The average Bonchev–Trinajstić information content (AvgIpc) is 3.01. The molecule has 0 aliphatic carbocycles. The van der Waals surface area contributed by atoms with Crippen molar-refractivity contribution in [2.75, 3.05) is 41.0 Å². The molecular weight excluding hydrogens is 594 g/mol. The van der Waals surface area contributed by atoms with Crippen LogP contribution in [0.3, 0.4) is 0 Å². The van der Waals surface area contributed by atoms with Crippen LogP contribution < -0.4 is 0 Å². The standard InChI is InChI=1S/C39H65NO7/c1-6-8-10-12-14-15-16-17-18-19-20-21-22-24-26-28-30-38(42)47-35(33-45-32-31-36(39(43)44)40(3,4)5)34-46-37(41)29-27-25-23-13-11-9-7-2/h8,10,14-15,17-18,20-21,24,26,35-36H,6-7,9,11-13,16,19,22-23,25,27-34H2,1-5H3/p+1/b10-8+,15-14+,18-17+,21-20+,26-24+. The van der Waals surface area contributed by atoms with Gasteiger partial charge in [0, 0.05) is 19.3 Å². The minimum Gasteiger partial charge on any atom is -0.477 e. The number of allylic oxidation sites excluding steroid dienone is 10. The van der Waals surface area contributed by atoms with E-state index in [1.54, 1.807) is 0 Å². The van der Waals surface area contributed by atoms with Crippen molar-refractivity contribution >= 4 is 17.9 Å². The van der Waals surface area contributed by atoms with E-state index in [4.69, 9.17) is 14.2 Å². The summed E-state index contributed by atoms with van der Waals surface area (Å²) in [6.45, 7) is 4.46. The van der Waals surface area contributed by atoms with Crippen molar-refractivity contribution in [2.24, 2.45) is 0 Å². The molecule has 2 atom stereocenters. The number of ether oxygens (including phenoxy) is 3. The molecule has 0 radical (unpaired) electrons. The Labute approximate surface area is 286 Å². The summed E-state index contributed by atoms with van der Waals surface area (Å²) in [6, 6.07) is -0.626. The van der Waals surface area contributed by atoms with Crippen LogP contribution in [0.4, 0.5) is 0 Å². The van der Waals surface area contributed by atoms with Crippen molar-refractivity contribution in [3.05, 3.63) is 60.8 Å². The van der Waals surface area contributed by atoms with Crippen molar-refractivity contribution in [3.8, 4) is 0 Å². The highest BCUT2D eigenvalue weighted by molar-refractivity contribution is 5.72. The minimum atomic E-state index is -0.890. The third-order valence-corrected chi connectivity index (χ3v) is 7.45. The van der Waals surface area contributed by atoms with Crippen molar-refractivity contribution in [3.63, 3.8) is 0 Å². The fourth-order valence-corrected chi connectivity index (χ4v) is 4.67. The Bertz CT molecular complexity index is 959. The second kappa shape index (κ2) is 30.4. The fraction of sp³-hybridized carbons (Fsp3) is 0.667. The second-order valence-electron chi connectivity index (χ2n) is 12.7. The molecule has 47 heavy (non-hydrogen) atoms. The monoisotopic (exact) mass is 660 g/mol. The van der Waals surface area contributed by atoms with E-state index in [0.29, 0.717) is 19.3 Å². The Hall–Kier alpha value is -2.97. The van der Waals surface area contributed by atoms with Gasteiger partial charge < -0.3 is 23.8 Å². The van der Waals surface area contributed by atoms with Gasteiger partial charge in [-0.15, -0.1) is 0 Å². The van der Waals surface area contributed by atoms with Gasteiger partial charge in [0.1, 0.15) is 6.61 Å². The first-order valence-corrected chi connectivity index (χ1v) is 17.8. The maximum absolute atomic E-state index is 12.6. The van der Waals surface area contributed by atoms with Gasteiger partial charge in [-0.05, 0) is 44.9 Å². The predicted octanol–water partition coefficient (Wildman–Crippen LogP) is 8.68. The molecular formula is C39H66NO7+. The maximum Gasteiger partial charge on any atom is 0.362 e. The molecule has 0 bridgehead atoms. The number of carbonyl (C=O) groups excluding carboxylic acids is 2. The smallest absolute Gasteiger partial charge is 0.362 e. The summed E-state index contributed by atoms with van der Waals surface area (Å²) >= 11 is 0. The first kappa shape index (κ1) is 44.0. The minimum absolute atomic E-state index is 0.0294. The Morgan fingerprint density at radius 1 is 0.660 bits per heavy atom. The normalized spacial score (nSPS) is 13.8. The lowest BCUT2D eigenvalue weighted by Crippen LogP contribution is -2.50. The van der Waals surface area contributed by atoms with E-state index in [9.17, 15) is 19.5 Å². The van der Waals surface area contributed by atoms with Gasteiger partial charge in [-0.1, -0.05) is 113 Å². The number of likely N-dealkylation sites (N-methyl/N-ethyl adjacent to an activating group) is 1. The summed E-state index contributed by atoms with van der Waals surface area (Å²) in [5.41, 5.74) is 0. The van der Waals surface area contributed by atoms with Gasteiger partial charge in [-0.2, -0.15) is 0 Å². The van der Waals surface area contributed by atoms with Crippen LogP contribution in [0, 0.1) is 0 Å². The van der Waals surface area contributed by atoms with E-state index in [1.807, 2.05) is 33.3 Å². The molecule has 0 spiro atoms. The molecule has 1 N–H and O–H groups in total. The molecule has 0 saturated heterocycles. The maximum atomic E-state index is 12.6. The molecule has 0 fully saturated rings. The summed E-state index contributed by atoms with van der Waals surface area (Å²) in [5, 5.41) is 9.55. The molecule has 0 amide bonds. The number of carboxylic acids is 1. The molecule has 0 aromatic carbocycles. The number of carboxylic acid groups (broad SMARTS) is 1. The SMILES string of the molecule is CC/C=C/C/C=C/C/C=C/C/C=C/C/C=C/CCC(=O)OC(COCCC(C(=O)O)[N+](C)(C)C)COC(=O)CCCCCCCCC. The van der Waals surface area contributed by atoms with Gasteiger partial charge in [0.15, 0.2) is 12.1 Å². The Morgan fingerprint density at radius 2 is 1.19 bits per heavy atom. The number of esters is 2. The quantitative estimate of drug-likeness (QED) is 0.0356. The topological polar surface area (TPSA) is 99.1 Å². The summed E-state index contributed by atoms with van der Waals surface area (Å²) in [6.07, 6.45) is 34.4. The lowest BCUT2D eigenvalue weighted by molar-refractivity contribution is -0.887. The van der Waals surface area contributed by atoms with Crippen molar-refractivity contribution in [1.29, 1.82) is 0 Å². The second-order valence-corrected chi connectivity index (χ2v) is 12.7. The van der Waals surface area contributed by atoms with Crippen LogP contribution in [0.1, 0.15) is 117 Å². The van der Waals surface area contributed by atoms with Crippen LogP contribution in [0.15, 0.2) is 60.8 Å². The number of nitrogens with zero attached hydrogens (tertiary/aromatic N) is 1. The van der Waals surface area contributed by atoms with E-state index in [1.165, 1.54) is 25.7 Å². The van der Waals surface area contributed by atoms with E-state index in [2.05, 4.69) is 62.5 Å². The number of unbranched alkanes of at least 4 members (excludes halogenated alkanes) is 6. The number of quaternary nitrogens is 1. The van der Waals surface area contributed by atoms with Crippen molar-refractivity contribution < 1.29 is 38.2 Å². The lowest BCUT2D eigenvalue weighted by Gasteiger charge is -2.31. The van der Waals surface area contributed by atoms with Gasteiger partial charge in [-0.25, -0.2) is 4.79 Å². The molecule has 2 unspecified atom stereocenters. The largest absolute Gasteiger partial charge is 0.477 e. The van der Waals surface area contributed by atoms with E-state index in [0.717, 1.165) is 51.4 Å². The van der Waals surface area contributed by atoms with Crippen molar-refractivity contribution in [1.82, 2.24) is 0 Å². The van der Waals surface area contributed by atoms with Crippen molar-refractivity contribution in [2.45, 2.75) is 129 Å². The highest BCUT2D eigenvalue weighted by Gasteiger charge is 2.31. The lowest BCUT2D eigenvalue weighted by atomic mass is 10.1. The Kier molecular flexibility index (Phi) is 28.4. The summed E-state index contributed by atoms with van der Waals surface area (Å²) in [5.74, 6) is -1.59. The number of rotatable bonds is 30. The van der Waals surface area contributed by atoms with Crippen LogP contribution in [0.5, 0.6) is 0 Å². The third-order valence-electron chi connectivity index (χ3n) is 7.45. The molecule has 0 aromatic rings. The van der Waals surface area contributed by atoms with E-state index < -0.39 is 24.1 Å². The highest BCUT2D eigenvalue weighted by atomic mass is 16.6. The van der Waals surface area contributed by atoms with Crippen LogP contribution in [-0.2, 0) is 28.6 Å². The van der Waals surface area contributed by atoms with Gasteiger partial charge in [-0.3, -0.25) is 9.59 Å². The molecule has 0 saturated carbocycles. The summed E-state index contributed by atoms with van der Waals surface area (Å²) < 4.78 is 17.0. The van der Waals surface area contributed by atoms with Gasteiger partial charge in [0.25, 0.3) is 0 Å². The van der Waals surface area contributed by atoms with Crippen LogP contribution in [0.2, 0.25) is 0 Å². The highest BCUT2D eigenvalue weighted by Crippen LogP contribution is 2.11. The summed E-state index contributed by atoms with van der Waals surface area (Å²) in [7, 11) is 5.47. The van der Waals surface area contributed by atoms with Crippen LogP contribution in [-0.4, -0.2) is 80.6 Å². The molecule has 8 heteroatoms. The van der Waals surface area contributed by atoms with Gasteiger partial charge in [0.2, 0.25) is 0 Å². The first-order chi connectivity index (χ1) is 22.6. The zero-order chi connectivity index (χ0) is 35.0.